The number of piperidine rings is 1. The Hall–Kier alpha value is -2.65. The van der Waals surface area contributed by atoms with E-state index in [1.54, 1.807) is 0 Å². The van der Waals surface area contributed by atoms with E-state index in [0.29, 0.717) is 0 Å². The minimum absolute atomic E-state index is 0.0545. The number of ether oxygens (including phenoxy) is 1. The highest BCUT2D eigenvalue weighted by molar-refractivity contribution is 6.24. The van der Waals surface area contributed by atoms with Crippen LogP contribution >= 0.6 is 0 Å². The molecule has 6 nitrogen and oxygen atoms in total. The molecule has 1 saturated heterocycles. The minimum Gasteiger partial charge on any atom is -0.483 e. The van der Waals surface area contributed by atoms with Crippen molar-refractivity contribution in [2.24, 2.45) is 10.9 Å². The molecule has 2 fully saturated rings. The zero-order valence-corrected chi connectivity index (χ0v) is 17.0. The van der Waals surface area contributed by atoms with Crippen LogP contribution in [-0.2, 0) is 4.79 Å². The summed E-state index contributed by atoms with van der Waals surface area (Å²) in [6.07, 6.45) is 4.79. The summed E-state index contributed by atoms with van der Waals surface area (Å²) >= 11 is 0. The maximum atomic E-state index is 13.3. The van der Waals surface area contributed by atoms with Crippen LogP contribution < -0.4 is 9.64 Å². The molecule has 1 aromatic carbocycles. The van der Waals surface area contributed by atoms with E-state index in [1.807, 2.05) is 6.07 Å². The number of ketones is 1. The average Bonchev–Trinajstić information content (AvgIpc) is 3.14. The summed E-state index contributed by atoms with van der Waals surface area (Å²) in [6.45, 7) is 6.94. The molecule has 0 aromatic heterocycles. The van der Waals surface area contributed by atoms with Crippen molar-refractivity contribution >= 4 is 23.3 Å². The lowest BCUT2D eigenvalue weighted by molar-refractivity contribution is -0.127. The Kier molecular flexibility index (Phi) is 4.44. The largest absolute Gasteiger partial charge is 0.483 e. The molecular weight excluding hydrogens is 364 g/mol. The molecule has 1 aromatic rings. The summed E-state index contributed by atoms with van der Waals surface area (Å²) in [6, 6.07) is 8.07. The van der Waals surface area contributed by atoms with Crippen LogP contribution in [0.25, 0.3) is 6.08 Å². The van der Waals surface area contributed by atoms with Gasteiger partial charge < -0.3 is 9.64 Å². The number of anilines is 1. The van der Waals surface area contributed by atoms with Crippen LogP contribution in [0.3, 0.4) is 0 Å². The third-order valence-electron chi connectivity index (χ3n) is 6.70. The first kappa shape index (κ1) is 18.4. The topological polar surface area (TPSA) is 68.9 Å². The highest BCUT2D eigenvalue weighted by Gasteiger charge is 2.54. The van der Waals surface area contributed by atoms with Gasteiger partial charge in [-0.1, -0.05) is 0 Å². The number of nitrogens with zero attached hydrogens (tertiary/aromatic N) is 4. The average molecular weight is 390 g/mol. The SMILES string of the molecule is CCN(CC)c1ccc2c(c1)OC1C(=C2)C2=NC3CCCCN3C2C(=O)C1C#N. The predicted octanol–water partition coefficient (Wildman–Crippen LogP) is 3.03. The normalized spacial score (nSPS) is 30.0. The zero-order chi connectivity index (χ0) is 20.1. The number of hydrogen-bond donors (Lipinski definition) is 0. The Morgan fingerprint density at radius 1 is 1.31 bits per heavy atom. The Balaban J connectivity index is 1.59. The highest BCUT2D eigenvalue weighted by atomic mass is 16.5. The molecule has 4 aliphatic rings. The van der Waals surface area contributed by atoms with Crippen LogP contribution in [0.1, 0.15) is 38.7 Å². The van der Waals surface area contributed by atoms with E-state index >= 15 is 0 Å². The number of carbonyl (C=O) groups is 1. The number of benzene rings is 1. The van der Waals surface area contributed by atoms with E-state index in [1.165, 1.54) is 0 Å². The smallest absolute Gasteiger partial charge is 0.177 e. The van der Waals surface area contributed by atoms with Crippen molar-refractivity contribution < 1.29 is 9.53 Å². The van der Waals surface area contributed by atoms with Gasteiger partial charge in [-0.2, -0.15) is 5.26 Å². The van der Waals surface area contributed by atoms with Crippen molar-refractivity contribution in [3.05, 3.63) is 29.3 Å². The molecule has 6 heteroatoms. The summed E-state index contributed by atoms with van der Waals surface area (Å²) in [7, 11) is 0. The van der Waals surface area contributed by atoms with Gasteiger partial charge >= 0.3 is 0 Å². The van der Waals surface area contributed by atoms with E-state index in [9.17, 15) is 10.1 Å². The first-order chi connectivity index (χ1) is 14.2. The fraction of sp³-hybridized carbons (Fsp3) is 0.522. The van der Waals surface area contributed by atoms with Crippen molar-refractivity contribution in [1.29, 1.82) is 5.26 Å². The fourth-order valence-corrected chi connectivity index (χ4v) is 5.19. The Labute approximate surface area is 171 Å². The van der Waals surface area contributed by atoms with Crippen molar-refractivity contribution in [1.82, 2.24) is 4.90 Å². The van der Waals surface area contributed by atoms with Gasteiger partial charge in [-0.15, -0.1) is 0 Å². The molecule has 0 bridgehead atoms. The molecule has 0 amide bonds. The van der Waals surface area contributed by atoms with Crippen LogP contribution in [0.5, 0.6) is 5.75 Å². The lowest BCUT2D eigenvalue weighted by Crippen LogP contribution is -2.57. The van der Waals surface area contributed by atoms with E-state index < -0.39 is 12.0 Å². The van der Waals surface area contributed by atoms with Crippen LogP contribution in [0, 0.1) is 17.2 Å². The second-order valence-electron chi connectivity index (χ2n) is 8.17. The molecule has 1 aliphatic carbocycles. The lowest BCUT2D eigenvalue weighted by Gasteiger charge is -2.39. The number of fused-ring (bicyclic) bond motifs is 6. The number of aliphatic imine (C=N–C) groups is 1. The maximum Gasteiger partial charge on any atom is 0.177 e. The van der Waals surface area contributed by atoms with Gasteiger partial charge in [0.25, 0.3) is 0 Å². The number of rotatable bonds is 3. The molecule has 3 heterocycles. The molecule has 1 saturated carbocycles. The van der Waals surface area contributed by atoms with Gasteiger partial charge in [0.15, 0.2) is 5.78 Å². The standard InChI is InChI=1S/C23H26N4O2/c1-3-26(4-2)15-9-8-14-11-16-20-21(27-10-6-5-7-19(27)25-20)22(28)17(13-24)23(16)29-18(14)12-15/h8-9,11-12,17,19,21,23H,3-7,10H2,1-2H3. The predicted molar refractivity (Wildman–Crippen MR) is 112 cm³/mol. The summed E-state index contributed by atoms with van der Waals surface area (Å²) in [5.74, 6) is -0.108. The molecule has 4 atom stereocenters. The zero-order valence-electron chi connectivity index (χ0n) is 17.0. The molecule has 4 unspecified atom stereocenters. The monoisotopic (exact) mass is 390 g/mol. The van der Waals surface area contributed by atoms with E-state index in [4.69, 9.17) is 9.73 Å². The van der Waals surface area contributed by atoms with Crippen molar-refractivity contribution in [2.75, 3.05) is 24.5 Å². The molecule has 0 spiro atoms. The lowest BCUT2D eigenvalue weighted by atomic mass is 9.76. The summed E-state index contributed by atoms with van der Waals surface area (Å²) in [5, 5.41) is 9.84. The quantitative estimate of drug-likeness (QED) is 0.793. The van der Waals surface area contributed by atoms with Crippen molar-refractivity contribution in [3.63, 3.8) is 0 Å². The van der Waals surface area contributed by atoms with Crippen LogP contribution in [0.4, 0.5) is 5.69 Å². The number of hydrogen-bond acceptors (Lipinski definition) is 6. The van der Waals surface area contributed by atoms with Crippen LogP contribution in [0.2, 0.25) is 0 Å². The maximum absolute atomic E-state index is 13.3. The number of nitriles is 1. The molecule has 5 rings (SSSR count). The molecular formula is C23H26N4O2. The van der Waals surface area contributed by atoms with Crippen LogP contribution in [0.15, 0.2) is 28.8 Å². The van der Waals surface area contributed by atoms with Gasteiger partial charge in [0.1, 0.15) is 30.0 Å². The van der Waals surface area contributed by atoms with Gasteiger partial charge in [0.05, 0.1) is 11.8 Å². The summed E-state index contributed by atoms with van der Waals surface area (Å²) in [4.78, 5) is 22.7. The van der Waals surface area contributed by atoms with Gasteiger partial charge in [0, 0.05) is 42.5 Å². The molecule has 29 heavy (non-hydrogen) atoms. The van der Waals surface area contributed by atoms with Crippen molar-refractivity contribution in [2.45, 2.75) is 51.4 Å². The summed E-state index contributed by atoms with van der Waals surface area (Å²) in [5.41, 5.74) is 3.83. The Bertz CT molecular complexity index is 956. The fourth-order valence-electron chi connectivity index (χ4n) is 5.19. The first-order valence-electron chi connectivity index (χ1n) is 10.7. The van der Waals surface area contributed by atoms with Gasteiger partial charge in [-0.3, -0.25) is 14.7 Å². The molecule has 0 radical (unpaired) electrons. The van der Waals surface area contributed by atoms with Gasteiger partial charge in [-0.05, 0) is 51.3 Å². The number of carbonyl (C=O) groups excluding carboxylic acids is 1. The van der Waals surface area contributed by atoms with E-state index in [-0.39, 0.29) is 18.0 Å². The molecule has 3 aliphatic heterocycles. The van der Waals surface area contributed by atoms with Gasteiger partial charge in [0.2, 0.25) is 0 Å². The molecule has 0 N–H and O–H groups in total. The van der Waals surface area contributed by atoms with Gasteiger partial charge in [-0.25, -0.2) is 0 Å². The Morgan fingerprint density at radius 2 is 2.14 bits per heavy atom. The number of Topliss-reactive ketones (excluding diaryl/α,β-unsaturated/α-hetero) is 1. The first-order valence-corrected chi connectivity index (χ1v) is 10.7. The van der Waals surface area contributed by atoms with Crippen LogP contribution in [-0.4, -0.2) is 54.3 Å². The molecule has 150 valence electrons. The second kappa shape index (κ2) is 7.00. The second-order valence-corrected chi connectivity index (χ2v) is 8.17. The van der Waals surface area contributed by atoms with E-state index in [0.717, 1.165) is 67.2 Å². The van der Waals surface area contributed by atoms with Crippen molar-refractivity contribution in [3.8, 4) is 11.8 Å². The summed E-state index contributed by atoms with van der Waals surface area (Å²) < 4.78 is 6.31. The third-order valence-corrected chi connectivity index (χ3v) is 6.70. The third kappa shape index (κ3) is 2.71. The minimum atomic E-state index is -0.795. The Morgan fingerprint density at radius 3 is 2.90 bits per heavy atom. The van der Waals surface area contributed by atoms with E-state index in [2.05, 4.69) is 47.9 Å². The highest BCUT2D eigenvalue weighted by Crippen LogP contribution is 2.43.